The molecule has 0 heterocycles. The van der Waals surface area contributed by atoms with Crippen LogP contribution in [0.15, 0.2) is 18.2 Å². The topological polar surface area (TPSA) is 29.3 Å². The molecular weight excluding hydrogens is 191 g/mol. The molecule has 0 aliphatic carbocycles. The molecule has 0 saturated carbocycles. The number of aryl methyl sites for hydroxylation is 1. The smallest absolute Gasteiger partial charge is 0.126 e. The Labute approximate surface area is 90.9 Å². The average Bonchev–Trinajstić information content (AvgIpc) is 2.20. The van der Waals surface area contributed by atoms with Crippen LogP contribution in [0.3, 0.4) is 0 Å². The molecule has 0 atom stereocenters. The van der Waals surface area contributed by atoms with Gasteiger partial charge >= 0.3 is 0 Å². The minimum absolute atomic E-state index is 0.119. The molecule has 2 N–H and O–H groups in total. The van der Waals surface area contributed by atoms with E-state index in [9.17, 15) is 4.39 Å². The Balaban J connectivity index is 2.59. The van der Waals surface area contributed by atoms with Crippen LogP contribution in [0, 0.1) is 5.82 Å². The van der Waals surface area contributed by atoms with Gasteiger partial charge in [-0.2, -0.15) is 0 Å². The largest absolute Gasteiger partial charge is 0.326 e. The summed E-state index contributed by atoms with van der Waals surface area (Å²) in [5.74, 6) is -0.119. The van der Waals surface area contributed by atoms with Crippen molar-refractivity contribution in [2.45, 2.75) is 19.4 Å². The number of hydrogen-bond acceptors (Lipinski definition) is 2. The number of rotatable bonds is 5. The molecule has 3 heteroatoms. The molecule has 0 aliphatic rings. The van der Waals surface area contributed by atoms with Crippen LogP contribution < -0.4 is 5.73 Å². The van der Waals surface area contributed by atoms with Gasteiger partial charge in [-0.15, -0.1) is 0 Å². The van der Waals surface area contributed by atoms with Gasteiger partial charge < -0.3 is 10.6 Å². The number of benzene rings is 1. The molecule has 1 aromatic rings. The molecule has 0 saturated heterocycles. The first-order valence-electron chi connectivity index (χ1n) is 5.25. The van der Waals surface area contributed by atoms with E-state index in [0.29, 0.717) is 6.54 Å². The third kappa shape index (κ3) is 3.98. The molecule has 0 fully saturated rings. The lowest BCUT2D eigenvalue weighted by molar-refractivity contribution is 0.399. The highest BCUT2D eigenvalue weighted by atomic mass is 19.1. The lowest BCUT2D eigenvalue weighted by Crippen LogP contribution is -2.13. The molecule has 84 valence electrons. The van der Waals surface area contributed by atoms with Crippen molar-refractivity contribution in [3.63, 3.8) is 0 Å². The van der Waals surface area contributed by atoms with E-state index >= 15 is 0 Å². The fraction of sp³-hybridized carbons (Fsp3) is 0.500. The molecule has 0 aliphatic heterocycles. The van der Waals surface area contributed by atoms with Crippen molar-refractivity contribution in [2.75, 3.05) is 20.6 Å². The predicted molar refractivity (Wildman–Crippen MR) is 61.2 cm³/mol. The first kappa shape index (κ1) is 12.1. The SMILES string of the molecule is CN(C)CCCc1cc(CN)ccc1F. The predicted octanol–water partition coefficient (Wildman–Crippen LogP) is 1.78. The van der Waals surface area contributed by atoms with E-state index in [0.717, 1.165) is 30.5 Å². The highest BCUT2D eigenvalue weighted by Gasteiger charge is 2.03. The van der Waals surface area contributed by atoms with E-state index in [4.69, 9.17) is 5.73 Å². The summed E-state index contributed by atoms with van der Waals surface area (Å²) in [6, 6.07) is 5.11. The molecule has 1 rings (SSSR count). The van der Waals surface area contributed by atoms with Crippen molar-refractivity contribution in [3.8, 4) is 0 Å². The van der Waals surface area contributed by atoms with Crippen molar-refractivity contribution < 1.29 is 4.39 Å². The minimum atomic E-state index is -0.119. The highest BCUT2D eigenvalue weighted by molar-refractivity contribution is 5.25. The summed E-state index contributed by atoms with van der Waals surface area (Å²) in [5.41, 5.74) is 7.29. The number of nitrogens with zero attached hydrogens (tertiary/aromatic N) is 1. The first-order valence-corrected chi connectivity index (χ1v) is 5.25. The van der Waals surface area contributed by atoms with Crippen LogP contribution in [-0.4, -0.2) is 25.5 Å². The van der Waals surface area contributed by atoms with Crippen molar-refractivity contribution in [1.29, 1.82) is 0 Å². The van der Waals surface area contributed by atoms with E-state index in [1.165, 1.54) is 6.07 Å². The quantitative estimate of drug-likeness (QED) is 0.802. The van der Waals surface area contributed by atoms with Crippen LogP contribution >= 0.6 is 0 Å². The maximum atomic E-state index is 13.4. The van der Waals surface area contributed by atoms with Gasteiger partial charge in [-0.3, -0.25) is 0 Å². The lowest BCUT2D eigenvalue weighted by atomic mass is 10.1. The van der Waals surface area contributed by atoms with Gasteiger partial charge in [0.2, 0.25) is 0 Å². The molecule has 0 radical (unpaired) electrons. The summed E-state index contributed by atoms with van der Waals surface area (Å²) < 4.78 is 13.4. The second-order valence-electron chi connectivity index (χ2n) is 4.04. The third-order valence-corrected chi connectivity index (χ3v) is 2.40. The van der Waals surface area contributed by atoms with E-state index in [1.807, 2.05) is 20.2 Å². The summed E-state index contributed by atoms with van der Waals surface area (Å²) in [4.78, 5) is 2.10. The van der Waals surface area contributed by atoms with E-state index < -0.39 is 0 Å². The Morgan fingerprint density at radius 2 is 2.07 bits per heavy atom. The Kier molecular flexibility index (Phi) is 4.72. The fourth-order valence-electron chi connectivity index (χ4n) is 1.53. The third-order valence-electron chi connectivity index (χ3n) is 2.40. The van der Waals surface area contributed by atoms with Crippen LogP contribution in [0.2, 0.25) is 0 Å². The van der Waals surface area contributed by atoms with Crippen molar-refractivity contribution in [1.82, 2.24) is 4.90 Å². The van der Waals surface area contributed by atoms with Gasteiger partial charge in [0, 0.05) is 6.54 Å². The van der Waals surface area contributed by atoms with Gasteiger partial charge in [-0.1, -0.05) is 12.1 Å². The minimum Gasteiger partial charge on any atom is -0.326 e. The molecule has 1 aromatic carbocycles. The van der Waals surface area contributed by atoms with Crippen LogP contribution in [0.25, 0.3) is 0 Å². The highest BCUT2D eigenvalue weighted by Crippen LogP contribution is 2.12. The number of nitrogens with two attached hydrogens (primary N) is 1. The molecule has 0 bridgehead atoms. The molecule has 0 aromatic heterocycles. The van der Waals surface area contributed by atoms with Crippen molar-refractivity contribution in [2.24, 2.45) is 5.73 Å². The molecule has 0 spiro atoms. The summed E-state index contributed by atoms with van der Waals surface area (Å²) in [6.07, 6.45) is 1.75. The van der Waals surface area contributed by atoms with Gasteiger partial charge in [0.25, 0.3) is 0 Å². The number of halogens is 1. The maximum Gasteiger partial charge on any atom is 0.126 e. The Morgan fingerprint density at radius 1 is 1.33 bits per heavy atom. The van der Waals surface area contributed by atoms with Crippen LogP contribution in [0.4, 0.5) is 4.39 Å². The summed E-state index contributed by atoms with van der Waals surface area (Å²) in [6.45, 7) is 1.45. The van der Waals surface area contributed by atoms with Crippen molar-refractivity contribution >= 4 is 0 Å². The standard InChI is InChI=1S/C12H19FN2/c1-15(2)7-3-4-11-8-10(9-14)5-6-12(11)13/h5-6,8H,3-4,7,9,14H2,1-2H3. The van der Waals surface area contributed by atoms with Gasteiger partial charge in [0.15, 0.2) is 0 Å². The summed E-state index contributed by atoms with van der Waals surface area (Å²) >= 11 is 0. The monoisotopic (exact) mass is 210 g/mol. The molecule has 0 unspecified atom stereocenters. The molecule has 2 nitrogen and oxygen atoms in total. The van der Waals surface area contributed by atoms with Gasteiger partial charge in [-0.25, -0.2) is 4.39 Å². The zero-order chi connectivity index (χ0) is 11.3. The fourth-order valence-corrected chi connectivity index (χ4v) is 1.53. The van der Waals surface area contributed by atoms with E-state index in [2.05, 4.69) is 4.90 Å². The van der Waals surface area contributed by atoms with Crippen molar-refractivity contribution in [3.05, 3.63) is 35.1 Å². The first-order chi connectivity index (χ1) is 7.13. The van der Waals surface area contributed by atoms with Gasteiger partial charge in [0.1, 0.15) is 5.82 Å². The lowest BCUT2D eigenvalue weighted by Gasteiger charge is -2.10. The van der Waals surface area contributed by atoms with E-state index in [-0.39, 0.29) is 5.82 Å². The Bertz CT molecular complexity index is 310. The number of hydrogen-bond donors (Lipinski definition) is 1. The van der Waals surface area contributed by atoms with Crippen LogP contribution in [0.1, 0.15) is 17.5 Å². The zero-order valence-electron chi connectivity index (χ0n) is 9.46. The maximum absolute atomic E-state index is 13.4. The summed E-state index contributed by atoms with van der Waals surface area (Å²) in [5, 5.41) is 0. The zero-order valence-corrected chi connectivity index (χ0v) is 9.46. The Hall–Kier alpha value is -0.930. The van der Waals surface area contributed by atoms with Crippen LogP contribution in [-0.2, 0) is 13.0 Å². The molecular formula is C12H19FN2. The second-order valence-corrected chi connectivity index (χ2v) is 4.04. The summed E-state index contributed by atoms with van der Waals surface area (Å²) in [7, 11) is 4.04. The van der Waals surface area contributed by atoms with Crippen LogP contribution in [0.5, 0.6) is 0 Å². The second kappa shape index (κ2) is 5.83. The van der Waals surface area contributed by atoms with Gasteiger partial charge in [0.05, 0.1) is 0 Å². The molecule has 0 amide bonds. The molecule has 15 heavy (non-hydrogen) atoms. The average molecular weight is 210 g/mol. The Morgan fingerprint density at radius 3 is 2.67 bits per heavy atom. The normalized spacial score (nSPS) is 11.0. The van der Waals surface area contributed by atoms with Gasteiger partial charge in [-0.05, 0) is 50.7 Å². The van der Waals surface area contributed by atoms with E-state index in [1.54, 1.807) is 6.07 Å².